The number of hydrazone groups is 1. The van der Waals surface area contributed by atoms with E-state index in [2.05, 4.69) is 16.6 Å². The van der Waals surface area contributed by atoms with Crippen LogP contribution in [-0.4, -0.2) is 18.7 Å². The van der Waals surface area contributed by atoms with Gasteiger partial charge in [0, 0.05) is 12.0 Å². The average Bonchev–Trinajstić information content (AvgIpc) is 2.78. The lowest BCUT2D eigenvalue weighted by atomic mass is 10.1. The highest BCUT2D eigenvalue weighted by molar-refractivity contribution is 6.05. The van der Waals surface area contributed by atoms with Crippen LogP contribution >= 0.6 is 0 Å². The minimum Gasteiger partial charge on any atom is -0.497 e. The van der Waals surface area contributed by atoms with Gasteiger partial charge in [-0.25, -0.2) is 5.43 Å². The molecular weight excluding hydrogens is 216 g/mol. The quantitative estimate of drug-likeness (QED) is 0.809. The van der Waals surface area contributed by atoms with Crippen LogP contribution in [0.2, 0.25) is 0 Å². The molecule has 0 radical (unpaired) electrons. The fourth-order valence-electron chi connectivity index (χ4n) is 1.88. The van der Waals surface area contributed by atoms with E-state index in [1.165, 1.54) is 5.56 Å². The summed E-state index contributed by atoms with van der Waals surface area (Å²) in [6, 6.07) is 5.98. The van der Waals surface area contributed by atoms with Crippen molar-refractivity contribution in [2.45, 2.75) is 26.2 Å². The standard InChI is InChI=1S/C13H16N2O2/c1-3-13(16)15-14-12-7-5-9-4-6-10(17-2)8-11(9)12/h4,6,8H,3,5,7H2,1-2H3,(H,15,16)/b14-12-. The van der Waals surface area contributed by atoms with E-state index < -0.39 is 0 Å². The molecule has 0 aliphatic heterocycles. The Morgan fingerprint density at radius 2 is 2.29 bits per heavy atom. The SMILES string of the molecule is CCC(=O)N/N=C1/CCc2ccc(OC)cc21. The molecule has 0 bridgehead atoms. The summed E-state index contributed by atoms with van der Waals surface area (Å²) in [4.78, 5) is 11.2. The highest BCUT2D eigenvalue weighted by atomic mass is 16.5. The van der Waals surface area contributed by atoms with Crippen molar-refractivity contribution in [2.75, 3.05) is 7.11 Å². The molecule has 1 aliphatic rings. The Labute approximate surface area is 101 Å². The van der Waals surface area contributed by atoms with Crippen LogP contribution in [0.15, 0.2) is 23.3 Å². The Morgan fingerprint density at radius 3 is 3.00 bits per heavy atom. The van der Waals surface area contributed by atoms with Crippen molar-refractivity contribution in [3.05, 3.63) is 29.3 Å². The van der Waals surface area contributed by atoms with Crippen LogP contribution in [0, 0.1) is 0 Å². The first-order chi connectivity index (χ1) is 8.24. The maximum absolute atomic E-state index is 11.2. The number of carbonyl (C=O) groups is 1. The maximum atomic E-state index is 11.2. The van der Waals surface area contributed by atoms with E-state index in [9.17, 15) is 4.79 Å². The number of aryl methyl sites for hydroxylation is 1. The van der Waals surface area contributed by atoms with E-state index in [1.807, 2.05) is 12.1 Å². The van der Waals surface area contributed by atoms with Gasteiger partial charge in [0.15, 0.2) is 0 Å². The number of benzene rings is 1. The molecule has 0 heterocycles. The van der Waals surface area contributed by atoms with Crippen LogP contribution in [0.4, 0.5) is 0 Å². The van der Waals surface area contributed by atoms with Gasteiger partial charge in [0.2, 0.25) is 5.91 Å². The number of nitrogens with zero attached hydrogens (tertiary/aromatic N) is 1. The molecule has 1 N–H and O–H groups in total. The summed E-state index contributed by atoms with van der Waals surface area (Å²) in [5, 5.41) is 4.17. The minimum absolute atomic E-state index is 0.0613. The molecule has 1 aliphatic carbocycles. The van der Waals surface area contributed by atoms with Gasteiger partial charge in [0.25, 0.3) is 0 Å². The van der Waals surface area contributed by atoms with Crippen LogP contribution < -0.4 is 10.2 Å². The van der Waals surface area contributed by atoms with E-state index in [0.717, 1.165) is 29.9 Å². The molecule has 17 heavy (non-hydrogen) atoms. The Balaban J connectivity index is 2.23. The third-order valence-corrected chi connectivity index (χ3v) is 2.90. The number of rotatable bonds is 3. The first-order valence-electron chi connectivity index (χ1n) is 5.77. The molecule has 0 saturated carbocycles. The number of carbonyl (C=O) groups excluding carboxylic acids is 1. The lowest BCUT2D eigenvalue weighted by Gasteiger charge is -2.04. The number of ether oxygens (including phenoxy) is 1. The highest BCUT2D eigenvalue weighted by Crippen LogP contribution is 2.26. The molecule has 4 heteroatoms. The molecule has 2 rings (SSSR count). The molecule has 0 fully saturated rings. The van der Waals surface area contributed by atoms with Gasteiger partial charge in [-0.1, -0.05) is 13.0 Å². The summed E-state index contributed by atoms with van der Waals surface area (Å²) in [6.45, 7) is 1.81. The van der Waals surface area contributed by atoms with Crippen LogP contribution in [0.5, 0.6) is 5.75 Å². The number of hydrogen-bond donors (Lipinski definition) is 1. The topological polar surface area (TPSA) is 50.7 Å². The Morgan fingerprint density at radius 1 is 1.47 bits per heavy atom. The number of amides is 1. The molecule has 0 aromatic heterocycles. The monoisotopic (exact) mass is 232 g/mol. The summed E-state index contributed by atoms with van der Waals surface area (Å²) in [7, 11) is 1.65. The zero-order valence-corrected chi connectivity index (χ0v) is 10.1. The van der Waals surface area contributed by atoms with Gasteiger partial charge in [0.1, 0.15) is 5.75 Å². The number of hydrogen-bond acceptors (Lipinski definition) is 3. The molecule has 0 spiro atoms. The smallest absolute Gasteiger partial charge is 0.239 e. The lowest BCUT2D eigenvalue weighted by Crippen LogP contribution is -2.17. The van der Waals surface area contributed by atoms with Crippen LogP contribution in [0.1, 0.15) is 30.9 Å². The van der Waals surface area contributed by atoms with E-state index in [4.69, 9.17) is 4.74 Å². The maximum Gasteiger partial charge on any atom is 0.239 e. The van der Waals surface area contributed by atoms with Crippen molar-refractivity contribution in [2.24, 2.45) is 5.10 Å². The van der Waals surface area contributed by atoms with Crippen LogP contribution in [-0.2, 0) is 11.2 Å². The van der Waals surface area contributed by atoms with Crippen molar-refractivity contribution >= 4 is 11.6 Å². The molecular formula is C13H16N2O2. The predicted molar refractivity (Wildman–Crippen MR) is 66.3 cm³/mol. The average molecular weight is 232 g/mol. The van der Waals surface area contributed by atoms with Gasteiger partial charge in [-0.3, -0.25) is 4.79 Å². The highest BCUT2D eigenvalue weighted by Gasteiger charge is 2.18. The first kappa shape index (κ1) is 11.6. The van der Waals surface area contributed by atoms with E-state index in [-0.39, 0.29) is 5.91 Å². The van der Waals surface area contributed by atoms with Crippen molar-refractivity contribution in [3.8, 4) is 5.75 Å². The summed E-state index contributed by atoms with van der Waals surface area (Å²) < 4.78 is 5.19. The number of fused-ring (bicyclic) bond motifs is 1. The zero-order valence-electron chi connectivity index (χ0n) is 10.1. The Hall–Kier alpha value is -1.84. The van der Waals surface area contributed by atoms with Crippen LogP contribution in [0.3, 0.4) is 0 Å². The fraction of sp³-hybridized carbons (Fsp3) is 0.385. The van der Waals surface area contributed by atoms with Crippen molar-refractivity contribution in [1.29, 1.82) is 0 Å². The predicted octanol–water partition coefficient (Wildman–Crippen LogP) is 1.87. The Kier molecular flexibility index (Phi) is 3.42. The summed E-state index contributed by atoms with van der Waals surface area (Å²) in [5.74, 6) is 0.758. The second-order valence-electron chi connectivity index (χ2n) is 3.97. The normalized spacial score (nSPS) is 15.8. The minimum atomic E-state index is -0.0613. The largest absolute Gasteiger partial charge is 0.497 e. The van der Waals surface area contributed by atoms with Gasteiger partial charge < -0.3 is 4.74 Å². The molecule has 1 aromatic rings. The number of methoxy groups -OCH3 is 1. The molecule has 1 amide bonds. The van der Waals surface area contributed by atoms with Crippen molar-refractivity contribution in [3.63, 3.8) is 0 Å². The van der Waals surface area contributed by atoms with E-state index >= 15 is 0 Å². The molecule has 1 aromatic carbocycles. The molecule has 0 saturated heterocycles. The van der Waals surface area contributed by atoms with Crippen molar-refractivity contribution < 1.29 is 9.53 Å². The zero-order chi connectivity index (χ0) is 12.3. The van der Waals surface area contributed by atoms with Gasteiger partial charge in [-0.05, 0) is 30.5 Å². The molecule has 0 atom stereocenters. The van der Waals surface area contributed by atoms with Crippen molar-refractivity contribution in [1.82, 2.24) is 5.43 Å². The van der Waals surface area contributed by atoms with E-state index in [1.54, 1.807) is 14.0 Å². The summed E-state index contributed by atoms with van der Waals surface area (Å²) in [6.07, 6.45) is 2.29. The van der Waals surface area contributed by atoms with Gasteiger partial charge >= 0.3 is 0 Å². The van der Waals surface area contributed by atoms with Gasteiger partial charge in [0.05, 0.1) is 12.8 Å². The third kappa shape index (κ3) is 2.46. The molecule has 0 unspecified atom stereocenters. The van der Waals surface area contributed by atoms with E-state index in [0.29, 0.717) is 6.42 Å². The molecule has 90 valence electrons. The van der Waals surface area contributed by atoms with Crippen LogP contribution in [0.25, 0.3) is 0 Å². The fourth-order valence-corrected chi connectivity index (χ4v) is 1.88. The summed E-state index contributed by atoms with van der Waals surface area (Å²) >= 11 is 0. The second kappa shape index (κ2) is 4.99. The lowest BCUT2D eigenvalue weighted by molar-refractivity contribution is -0.120. The molecule has 4 nitrogen and oxygen atoms in total. The van der Waals surface area contributed by atoms with Gasteiger partial charge in [-0.15, -0.1) is 0 Å². The third-order valence-electron chi connectivity index (χ3n) is 2.90. The second-order valence-corrected chi connectivity index (χ2v) is 3.97. The summed E-state index contributed by atoms with van der Waals surface area (Å²) in [5.41, 5.74) is 5.84. The van der Waals surface area contributed by atoms with Gasteiger partial charge in [-0.2, -0.15) is 5.10 Å². The number of nitrogens with one attached hydrogen (secondary N) is 1. The first-order valence-corrected chi connectivity index (χ1v) is 5.77. The Bertz CT molecular complexity index is 466.